The number of nitrogens with zero attached hydrogens (tertiary/aromatic N) is 2. The van der Waals surface area contributed by atoms with Gasteiger partial charge in [0.25, 0.3) is 0 Å². The van der Waals surface area contributed by atoms with E-state index in [4.69, 9.17) is 12.2 Å². The van der Waals surface area contributed by atoms with Gasteiger partial charge in [-0.3, -0.25) is 4.98 Å². The van der Waals surface area contributed by atoms with Gasteiger partial charge in [-0.25, -0.2) is 0 Å². The lowest BCUT2D eigenvalue weighted by Crippen LogP contribution is -2.29. The predicted molar refractivity (Wildman–Crippen MR) is 117 cm³/mol. The Morgan fingerprint density at radius 3 is 2.38 bits per heavy atom. The average Bonchev–Trinajstić information content (AvgIpc) is 3.12. The Morgan fingerprint density at radius 1 is 1.04 bits per heavy atom. The molecule has 0 saturated carbocycles. The van der Waals surface area contributed by atoms with Gasteiger partial charge in [0.2, 0.25) is 0 Å². The molecular weight excluding hydrogens is 455 g/mol. The fraction of sp³-hybridized carbons (Fsp3) is 0.200. The highest BCUT2D eigenvalue weighted by molar-refractivity contribution is 14.1. The second-order valence-corrected chi connectivity index (χ2v) is 7.90. The molecule has 0 bridgehead atoms. The second-order valence-electron chi connectivity index (χ2n) is 6.43. The molecule has 1 aromatic carbocycles. The van der Waals surface area contributed by atoms with Crippen molar-refractivity contribution in [2.45, 2.75) is 25.9 Å². The quantitative estimate of drug-likeness (QED) is 0.423. The fourth-order valence-electron chi connectivity index (χ4n) is 3.64. The minimum atomic E-state index is -0.00804. The number of hydrogen-bond donors (Lipinski definition) is 2. The third-order valence-electron chi connectivity index (χ3n) is 4.77. The van der Waals surface area contributed by atoms with E-state index in [1.54, 1.807) is 0 Å². The first-order chi connectivity index (χ1) is 12.6. The Balaban J connectivity index is 1.90. The molecule has 0 radical (unpaired) electrons. The van der Waals surface area contributed by atoms with Crippen molar-refractivity contribution >= 4 is 45.6 Å². The van der Waals surface area contributed by atoms with E-state index in [0.717, 1.165) is 16.5 Å². The molecule has 0 unspecified atom stereocenters. The zero-order chi connectivity index (χ0) is 18.3. The number of anilines is 1. The van der Waals surface area contributed by atoms with E-state index in [1.807, 2.05) is 36.5 Å². The van der Waals surface area contributed by atoms with E-state index < -0.39 is 0 Å². The number of rotatable bonds is 3. The number of aryl methyl sites for hydroxylation is 2. The number of aromatic nitrogens is 2. The number of H-pyrrole nitrogens is 1. The van der Waals surface area contributed by atoms with Crippen molar-refractivity contribution in [1.82, 2.24) is 15.3 Å². The van der Waals surface area contributed by atoms with Gasteiger partial charge in [0.1, 0.15) is 0 Å². The Hall–Kier alpha value is -1.93. The van der Waals surface area contributed by atoms with Gasteiger partial charge in [-0.15, -0.1) is 0 Å². The number of benzene rings is 1. The summed E-state index contributed by atoms with van der Waals surface area (Å²) in [5.41, 5.74) is 5.71. The average molecular weight is 474 g/mol. The molecule has 1 saturated heterocycles. The minimum Gasteiger partial charge on any atom is -0.362 e. The molecular formula is C20H19IN4S. The normalized spacial score (nSPS) is 19.7. The van der Waals surface area contributed by atoms with Crippen LogP contribution in [0.1, 0.15) is 34.7 Å². The zero-order valence-electron chi connectivity index (χ0n) is 14.5. The van der Waals surface area contributed by atoms with Crippen molar-refractivity contribution in [3.05, 3.63) is 80.9 Å². The van der Waals surface area contributed by atoms with E-state index in [9.17, 15) is 0 Å². The molecule has 3 aromatic rings. The van der Waals surface area contributed by atoms with Crippen LogP contribution in [0.3, 0.4) is 0 Å². The first-order valence-electron chi connectivity index (χ1n) is 8.48. The van der Waals surface area contributed by atoms with Crippen LogP contribution in [0.4, 0.5) is 5.69 Å². The highest BCUT2D eigenvalue weighted by atomic mass is 127. The first kappa shape index (κ1) is 17.5. The SMILES string of the molecule is Cc1[nH]c(C)c([C@@H]2[C@H](c3ccccn3)NC(=S)N2c2ccccc2)c1I. The third-order valence-corrected chi connectivity index (χ3v) is 6.48. The molecule has 26 heavy (non-hydrogen) atoms. The van der Waals surface area contributed by atoms with E-state index in [-0.39, 0.29) is 12.1 Å². The van der Waals surface area contributed by atoms with Crippen molar-refractivity contribution in [2.75, 3.05) is 4.90 Å². The smallest absolute Gasteiger partial charge is 0.174 e. The first-order valence-corrected chi connectivity index (χ1v) is 9.97. The van der Waals surface area contributed by atoms with Gasteiger partial charge in [0, 0.05) is 32.4 Å². The summed E-state index contributed by atoms with van der Waals surface area (Å²) in [6.07, 6.45) is 1.84. The minimum absolute atomic E-state index is 0.00804. The van der Waals surface area contributed by atoms with Crippen LogP contribution in [0.25, 0.3) is 0 Å². The van der Waals surface area contributed by atoms with Crippen molar-refractivity contribution in [3.8, 4) is 0 Å². The molecule has 0 amide bonds. The Bertz CT molecular complexity index is 939. The summed E-state index contributed by atoms with van der Waals surface area (Å²) in [5.74, 6) is 0. The summed E-state index contributed by atoms with van der Waals surface area (Å²) in [7, 11) is 0. The third kappa shape index (κ3) is 2.91. The molecule has 132 valence electrons. The Labute approximate surface area is 172 Å². The van der Waals surface area contributed by atoms with Crippen molar-refractivity contribution in [3.63, 3.8) is 0 Å². The maximum Gasteiger partial charge on any atom is 0.174 e. The van der Waals surface area contributed by atoms with Crippen LogP contribution in [0.2, 0.25) is 0 Å². The Morgan fingerprint density at radius 2 is 1.77 bits per heavy atom. The molecule has 6 heteroatoms. The van der Waals surface area contributed by atoms with Gasteiger partial charge in [0.15, 0.2) is 5.11 Å². The molecule has 1 aliphatic heterocycles. The van der Waals surface area contributed by atoms with Gasteiger partial charge in [-0.1, -0.05) is 24.3 Å². The number of halogens is 1. The van der Waals surface area contributed by atoms with Crippen LogP contribution in [-0.2, 0) is 0 Å². The molecule has 1 aliphatic rings. The molecule has 3 heterocycles. The lowest BCUT2D eigenvalue weighted by Gasteiger charge is -2.28. The number of nitrogens with one attached hydrogen (secondary N) is 2. The molecule has 2 N–H and O–H groups in total. The van der Waals surface area contributed by atoms with Gasteiger partial charge in [0.05, 0.1) is 17.8 Å². The summed E-state index contributed by atoms with van der Waals surface area (Å²) in [4.78, 5) is 10.3. The largest absolute Gasteiger partial charge is 0.362 e. The van der Waals surface area contributed by atoms with Crippen LogP contribution >= 0.6 is 34.8 Å². The molecule has 2 atom stereocenters. The van der Waals surface area contributed by atoms with Crippen LogP contribution in [0.15, 0.2) is 54.7 Å². The molecule has 4 rings (SSSR count). The van der Waals surface area contributed by atoms with E-state index in [1.165, 1.54) is 20.5 Å². The molecule has 0 spiro atoms. The second kappa shape index (κ2) is 7.00. The predicted octanol–water partition coefficient (Wildman–Crippen LogP) is 4.81. The molecule has 1 fully saturated rings. The summed E-state index contributed by atoms with van der Waals surface area (Å²) in [5, 5.41) is 4.24. The number of thiocarbonyl (C=S) groups is 1. The van der Waals surface area contributed by atoms with Crippen LogP contribution in [0, 0.1) is 17.4 Å². The van der Waals surface area contributed by atoms with Gasteiger partial charge < -0.3 is 15.2 Å². The summed E-state index contributed by atoms with van der Waals surface area (Å²) in [6, 6.07) is 16.4. The van der Waals surface area contributed by atoms with E-state index in [0.29, 0.717) is 0 Å². The maximum atomic E-state index is 5.74. The summed E-state index contributed by atoms with van der Waals surface area (Å²) >= 11 is 8.18. The molecule has 0 aliphatic carbocycles. The highest BCUT2D eigenvalue weighted by Crippen LogP contribution is 2.44. The lowest BCUT2D eigenvalue weighted by atomic mass is 9.96. The van der Waals surface area contributed by atoms with E-state index in [2.05, 4.69) is 74.8 Å². The molecule has 2 aromatic heterocycles. The van der Waals surface area contributed by atoms with Crippen molar-refractivity contribution in [1.29, 1.82) is 0 Å². The van der Waals surface area contributed by atoms with Crippen LogP contribution in [0.5, 0.6) is 0 Å². The topological polar surface area (TPSA) is 44.0 Å². The summed E-state index contributed by atoms with van der Waals surface area (Å²) in [6.45, 7) is 4.24. The van der Waals surface area contributed by atoms with Crippen molar-refractivity contribution < 1.29 is 0 Å². The van der Waals surface area contributed by atoms with Crippen LogP contribution < -0.4 is 10.2 Å². The number of hydrogen-bond acceptors (Lipinski definition) is 2. The number of pyridine rings is 1. The standard InChI is InChI=1S/C20H19IN4S/c1-12-16(17(21)13(2)23-12)19-18(15-10-6-7-11-22-15)24-20(26)25(19)14-8-4-3-5-9-14/h3-11,18-19,23H,1-2H3,(H,24,26)/t18-,19+/m0/s1. The summed E-state index contributed by atoms with van der Waals surface area (Å²) < 4.78 is 1.25. The van der Waals surface area contributed by atoms with E-state index >= 15 is 0 Å². The highest BCUT2D eigenvalue weighted by Gasteiger charge is 2.42. The van der Waals surface area contributed by atoms with Gasteiger partial charge in [-0.05, 0) is 72.9 Å². The zero-order valence-corrected chi connectivity index (χ0v) is 17.5. The monoisotopic (exact) mass is 474 g/mol. The van der Waals surface area contributed by atoms with Crippen LogP contribution in [-0.4, -0.2) is 15.1 Å². The number of para-hydroxylation sites is 1. The molecule has 4 nitrogen and oxygen atoms in total. The van der Waals surface area contributed by atoms with Crippen molar-refractivity contribution in [2.24, 2.45) is 0 Å². The fourth-order valence-corrected chi connectivity index (χ4v) is 4.84. The van der Waals surface area contributed by atoms with Gasteiger partial charge in [-0.2, -0.15) is 0 Å². The van der Waals surface area contributed by atoms with Gasteiger partial charge >= 0.3 is 0 Å². The number of aromatic amines is 1. The maximum absolute atomic E-state index is 5.74. The Kier molecular flexibility index (Phi) is 4.71. The lowest BCUT2D eigenvalue weighted by molar-refractivity contribution is 0.564.